The number of carbonyl (C=O) groups is 2. The molecule has 0 atom stereocenters. The van der Waals surface area contributed by atoms with Crippen molar-refractivity contribution < 1.29 is 19.1 Å². The predicted molar refractivity (Wildman–Crippen MR) is 109 cm³/mol. The first-order chi connectivity index (χ1) is 12.5. The summed E-state index contributed by atoms with van der Waals surface area (Å²) >= 11 is 3.45. The topological polar surface area (TPSA) is 52.6 Å². The van der Waals surface area contributed by atoms with Gasteiger partial charge in [-0.25, -0.2) is 9.59 Å². The maximum Gasteiger partial charge on any atom is 0.339 e. The predicted octanol–water partition coefficient (Wildman–Crippen LogP) is 3.99. The highest BCUT2D eigenvalue weighted by Crippen LogP contribution is 2.38. The van der Waals surface area contributed by atoms with E-state index in [2.05, 4.69) is 18.6 Å². The van der Waals surface area contributed by atoms with Gasteiger partial charge in [-0.15, -0.1) is 23.5 Å². The third-order valence-corrected chi connectivity index (χ3v) is 6.56. The Kier molecular flexibility index (Phi) is 7.17. The summed E-state index contributed by atoms with van der Waals surface area (Å²) in [5, 5.41) is 0. The van der Waals surface area contributed by atoms with Crippen LogP contribution in [-0.4, -0.2) is 43.3 Å². The number of fused-ring (bicyclic) bond motifs is 1. The van der Waals surface area contributed by atoms with Gasteiger partial charge in [-0.3, -0.25) is 0 Å². The molecule has 0 heterocycles. The highest BCUT2D eigenvalue weighted by molar-refractivity contribution is 8.16. The quantitative estimate of drug-likeness (QED) is 0.523. The fraction of sp³-hybridized carbons (Fsp3) is 0.300. The number of hydrogen-bond acceptors (Lipinski definition) is 6. The molecular weight excluding hydrogens is 368 g/mol. The fourth-order valence-electron chi connectivity index (χ4n) is 2.84. The van der Waals surface area contributed by atoms with Crippen molar-refractivity contribution in [3.63, 3.8) is 0 Å². The van der Waals surface area contributed by atoms with E-state index in [0.29, 0.717) is 5.57 Å². The van der Waals surface area contributed by atoms with E-state index in [1.807, 2.05) is 25.2 Å². The van der Waals surface area contributed by atoms with E-state index in [4.69, 9.17) is 9.47 Å². The summed E-state index contributed by atoms with van der Waals surface area (Å²) in [4.78, 5) is 24.9. The molecular formula is C20H22O4S2. The smallest absolute Gasteiger partial charge is 0.339 e. The van der Waals surface area contributed by atoms with Crippen molar-refractivity contribution in [3.8, 4) is 0 Å². The largest absolute Gasteiger partial charge is 0.465 e. The Bertz CT molecular complexity index is 791. The molecule has 2 aliphatic rings. The number of hydrogen-bond donors (Lipinski definition) is 0. The van der Waals surface area contributed by atoms with Crippen LogP contribution in [0.1, 0.15) is 6.92 Å². The molecule has 0 aromatic rings. The molecule has 2 aliphatic carbocycles. The lowest BCUT2D eigenvalue weighted by atomic mass is 9.93. The van der Waals surface area contributed by atoms with Gasteiger partial charge in [0.15, 0.2) is 0 Å². The first-order valence-corrected chi connectivity index (χ1v) is 10.5. The number of esters is 2. The second-order valence-electron chi connectivity index (χ2n) is 5.61. The molecule has 2 rings (SSSR count). The molecule has 0 amide bonds. The van der Waals surface area contributed by atoms with E-state index < -0.39 is 11.9 Å². The van der Waals surface area contributed by atoms with Crippen LogP contribution in [0.3, 0.4) is 0 Å². The summed E-state index contributed by atoms with van der Waals surface area (Å²) in [6.45, 7) is 1.96. The molecule has 0 N–H and O–H groups in total. The minimum absolute atomic E-state index is 0.191. The van der Waals surface area contributed by atoms with E-state index in [0.717, 1.165) is 16.7 Å². The average molecular weight is 391 g/mol. The molecule has 0 radical (unpaired) electrons. The lowest BCUT2D eigenvalue weighted by Crippen LogP contribution is -2.17. The van der Waals surface area contributed by atoms with E-state index in [-0.39, 0.29) is 15.7 Å². The third-order valence-electron chi connectivity index (χ3n) is 4.04. The van der Waals surface area contributed by atoms with E-state index in [1.165, 1.54) is 14.2 Å². The summed E-state index contributed by atoms with van der Waals surface area (Å²) in [6.07, 6.45) is 15.4. The number of methoxy groups -OCH3 is 2. The molecule has 0 saturated carbocycles. The zero-order valence-corrected chi connectivity index (χ0v) is 17.1. The molecule has 0 bridgehead atoms. The summed E-state index contributed by atoms with van der Waals surface area (Å²) in [7, 11) is 2.61. The monoisotopic (exact) mass is 390 g/mol. The summed E-state index contributed by atoms with van der Waals surface area (Å²) in [6, 6.07) is 0. The van der Waals surface area contributed by atoms with Crippen molar-refractivity contribution in [2.75, 3.05) is 26.7 Å². The molecule has 0 aliphatic heterocycles. The molecule has 0 fully saturated rings. The Hall–Kier alpha value is -1.92. The molecule has 26 heavy (non-hydrogen) atoms. The second-order valence-corrected chi connectivity index (χ2v) is 7.79. The van der Waals surface area contributed by atoms with Crippen LogP contribution >= 0.6 is 23.5 Å². The Labute approximate surface area is 162 Å². The molecule has 4 nitrogen and oxygen atoms in total. The highest BCUT2D eigenvalue weighted by atomic mass is 32.2. The van der Waals surface area contributed by atoms with E-state index >= 15 is 0 Å². The van der Waals surface area contributed by atoms with Gasteiger partial charge < -0.3 is 9.47 Å². The standard InChI is InChI=1S/C20H22O4S2/c1-12-9-10-14(20(25-4)26-5)13-7-6-8-15(18(21)23-2)17(16(13)11-12)19(22)24-3/h6-11,20H,1-5H3. The molecule has 6 heteroatoms. The van der Waals surface area contributed by atoms with Crippen LogP contribution in [0.2, 0.25) is 0 Å². The lowest BCUT2D eigenvalue weighted by molar-refractivity contribution is -0.139. The van der Waals surface area contributed by atoms with E-state index in [9.17, 15) is 9.59 Å². The van der Waals surface area contributed by atoms with Crippen LogP contribution in [0.25, 0.3) is 0 Å². The van der Waals surface area contributed by atoms with Gasteiger partial charge in [0.2, 0.25) is 0 Å². The molecule has 0 aromatic heterocycles. The zero-order valence-electron chi connectivity index (χ0n) is 15.5. The zero-order chi connectivity index (χ0) is 19.3. The van der Waals surface area contributed by atoms with Gasteiger partial charge in [0.05, 0.1) is 29.9 Å². The Morgan fingerprint density at radius 3 is 2.19 bits per heavy atom. The van der Waals surface area contributed by atoms with Gasteiger partial charge >= 0.3 is 11.9 Å². The Morgan fingerprint density at radius 1 is 0.962 bits per heavy atom. The Balaban J connectivity index is 2.87. The van der Waals surface area contributed by atoms with Crippen LogP contribution in [0, 0.1) is 0 Å². The number of carbonyl (C=O) groups excluding carboxylic acids is 2. The minimum atomic E-state index is -0.570. The first-order valence-electron chi connectivity index (χ1n) is 7.94. The number of thioether (sulfide) groups is 2. The van der Waals surface area contributed by atoms with Crippen LogP contribution in [-0.2, 0) is 19.1 Å². The first kappa shape index (κ1) is 20.4. The minimum Gasteiger partial charge on any atom is -0.465 e. The van der Waals surface area contributed by atoms with Gasteiger partial charge in [-0.2, -0.15) is 0 Å². The van der Waals surface area contributed by atoms with Gasteiger partial charge in [0.25, 0.3) is 0 Å². The lowest BCUT2D eigenvalue weighted by Gasteiger charge is -2.18. The van der Waals surface area contributed by atoms with Crippen molar-refractivity contribution in [2.45, 2.75) is 11.5 Å². The molecule has 0 unspecified atom stereocenters. The molecule has 0 aromatic carbocycles. The summed E-state index contributed by atoms with van der Waals surface area (Å²) in [5.74, 6) is -1.13. The van der Waals surface area contributed by atoms with Gasteiger partial charge in [0, 0.05) is 0 Å². The number of allylic oxidation sites excluding steroid dienone is 9. The Morgan fingerprint density at radius 2 is 1.62 bits per heavy atom. The van der Waals surface area contributed by atoms with Gasteiger partial charge in [0.1, 0.15) is 0 Å². The average Bonchev–Trinajstić information content (AvgIpc) is 2.92. The van der Waals surface area contributed by atoms with E-state index in [1.54, 1.807) is 35.7 Å². The molecule has 0 spiro atoms. The maximum absolute atomic E-state index is 12.6. The third kappa shape index (κ3) is 4.07. The number of ether oxygens (including phenoxy) is 2. The van der Waals surface area contributed by atoms with Crippen LogP contribution in [0.4, 0.5) is 0 Å². The molecule has 138 valence electrons. The highest BCUT2D eigenvalue weighted by Gasteiger charge is 2.29. The van der Waals surface area contributed by atoms with Crippen molar-refractivity contribution in [2.24, 2.45) is 0 Å². The summed E-state index contributed by atoms with van der Waals surface area (Å²) < 4.78 is 10.1. The fourth-order valence-corrected chi connectivity index (χ4v) is 4.53. The van der Waals surface area contributed by atoms with Crippen molar-refractivity contribution in [3.05, 3.63) is 69.9 Å². The molecule has 0 saturated heterocycles. The number of rotatable bonds is 5. The second kappa shape index (κ2) is 9.14. The van der Waals surface area contributed by atoms with Crippen molar-refractivity contribution >= 4 is 35.5 Å². The van der Waals surface area contributed by atoms with Gasteiger partial charge in [-0.1, -0.05) is 36.0 Å². The van der Waals surface area contributed by atoms with Crippen molar-refractivity contribution in [1.29, 1.82) is 0 Å². The van der Waals surface area contributed by atoms with Crippen LogP contribution in [0.5, 0.6) is 0 Å². The van der Waals surface area contributed by atoms with Gasteiger partial charge in [-0.05, 0) is 42.2 Å². The van der Waals surface area contributed by atoms with Crippen LogP contribution in [0.15, 0.2) is 69.9 Å². The normalized spacial score (nSPS) is 16.7. The SMILES string of the molecule is COC(=O)C1=CC=CC2=C(C(SC)SC)C=CC(C)=CC2=C1C(=O)OC. The maximum atomic E-state index is 12.6. The summed E-state index contributed by atoms with van der Waals surface area (Å²) in [5.41, 5.74) is 4.06. The van der Waals surface area contributed by atoms with Crippen molar-refractivity contribution in [1.82, 2.24) is 0 Å². The van der Waals surface area contributed by atoms with Crippen LogP contribution < -0.4 is 0 Å².